The maximum atomic E-state index is 13.6. The molecule has 2 aromatic rings. The fourth-order valence-corrected chi connectivity index (χ4v) is 2.37. The minimum absolute atomic E-state index is 0.239. The van der Waals surface area contributed by atoms with Gasteiger partial charge in [-0.3, -0.25) is 0 Å². The molecular weight excluding hydrogens is 234 g/mol. The van der Waals surface area contributed by atoms with Gasteiger partial charge in [0.25, 0.3) is 0 Å². The summed E-state index contributed by atoms with van der Waals surface area (Å²) in [6.07, 6.45) is 4.13. The van der Waals surface area contributed by atoms with Gasteiger partial charge in [0.15, 0.2) is 5.82 Å². The van der Waals surface area contributed by atoms with Gasteiger partial charge in [0.2, 0.25) is 0 Å². The molecule has 1 N–H and O–H groups in total. The lowest BCUT2D eigenvalue weighted by atomic mass is 9.98. The van der Waals surface area contributed by atoms with Crippen LogP contribution in [-0.4, -0.2) is 9.97 Å². The second-order valence-electron chi connectivity index (χ2n) is 4.68. The van der Waals surface area contributed by atoms with Gasteiger partial charge < -0.3 is 4.98 Å². The van der Waals surface area contributed by atoms with E-state index in [1.165, 1.54) is 6.07 Å². The molecule has 0 fully saturated rings. The van der Waals surface area contributed by atoms with Gasteiger partial charge in [-0.25, -0.2) is 13.8 Å². The SMILES string of the molecule is CCCC(CCC)c1nc2c(F)cc(F)cc2[nH]1. The van der Waals surface area contributed by atoms with E-state index in [1.807, 2.05) is 0 Å². The minimum atomic E-state index is -0.598. The minimum Gasteiger partial charge on any atom is -0.342 e. The standard InChI is InChI=1S/C14H18F2N2/c1-3-5-9(6-4-2)14-17-12-8-10(15)7-11(16)13(12)18-14/h7-9H,3-6H2,1-2H3,(H,17,18). The molecule has 4 heteroatoms. The molecule has 1 aromatic carbocycles. The zero-order chi connectivity index (χ0) is 13.1. The summed E-state index contributed by atoms with van der Waals surface area (Å²) in [4.78, 5) is 7.35. The average Bonchev–Trinajstić information content (AvgIpc) is 2.72. The molecule has 0 bridgehead atoms. The second kappa shape index (κ2) is 5.46. The molecule has 2 rings (SSSR count). The van der Waals surface area contributed by atoms with E-state index < -0.39 is 11.6 Å². The Hall–Kier alpha value is -1.45. The van der Waals surface area contributed by atoms with Crippen molar-refractivity contribution in [3.05, 3.63) is 29.6 Å². The van der Waals surface area contributed by atoms with Crippen LogP contribution < -0.4 is 0 Å². The molecule has 0 amide bonds. The normalized spacial score (nSPS) is 11.6. The summed E-state index contributed by atoms with van der Waals surface area (Å²) in [5.41, 5.74) is 0.684. The maximum absolute atomic E-state index is 13.6. The molecule has 1 heterocycles. The first kappa shape index (κ1) is 13.0. The summed E-state index contributed by atoms with van der Waals surface area (Å²) >= 11 is 0. The Kier molecular flexibility index (Phi) is 3.94. The molecule has 0 saturated heterocycles. The van der Waals surface area contributed by atoms with Gasteiger partial charge in [-0.15, -0.1) is 0 Å². The number of nitrogens with zero attached hydrogens (tertiary/aromatic N) is 1. The molecule has 1 aromatic heterocycles. The van der Waals surface area contributed by atoms with Crippen LogP contribution in [0.15, 0.2) is 12.1 Å². The highest BCUT2D eigenvalue weighted by Gasteiger charge is 2.16. The van der Waals surface area contributed by atoms with Crippen LogP contribution in [0.4, 0.5) is 8.78 Å². The number of nitrogens with one attached hydrogen (secondary N) is 1. The van der Waals surface area contributed by atoms with E-state index >= 15 is 0 Å². The van der Waals surface area contributed by atoms with Crippen molar-refractivity contribution in [3.63, 3.8) is 0 Å². The molecule has 0 radical (unpaired) electrons. The van der Waals surface area contributed by atoms with Crippen LogP contribution in [0.5, 0.6) is 0 Å². The fraction of sp³-hybridized carbons (Fsp3) is 0.500. The Balaban J connectivity index is 2.41. The van der Waals surface area contributed by atoms with Crippen molar-refractivity contribution in [3.8, 4) is 0 Å². The number of benzene rings is 1. The van der Waals surface area contributed by atoms with E-state index in [0.29, 0.717) is 11.4 Å². The van der Waals surface area contributed by atoms with Crippen LogP contribution >= 0.6 is 0 Å². The zero-order valence-corrected chi connectivity index (χ0v) is 10.8. The van der Waals surface area contributed by atoms with Gasteiger partial charge in [-0.2, -0.15) is 0 Å². The van der Waals surface area contributed by atoms with Gasteiger partial charge in [0, 0.05) is 12.0 Å². The summed E-state index contributed by atoms with van der Waals surface area (Å²) in [6, 6.07) is 2.17. The number of hydrogen-bond donors (Lipinski definition) is 1. The lowest BCUT2D eigenvalue weighted by molar-refractivity contribution is 0.539. The predicted molar refractivity (Wildman–Crippen MR) is 68.6 cm³/mol. The summed E-state index contributed by atoms with van der Waals surface area (Å²) in [5.74, 6) is -0.0926. The van der Waals surface area contributed by atoms with Crippen LogP contribution in [0.3, 0.4) is 0 Å². The number of fused-ring (bicyclic) bond motifs is 1. The Morgan fingerprint density at radius 3 is 2.44 bits per heavy atom. The number of hydrogen-bond acceptors (Lipinski definition) is 1. The average molecular weight is 252 g/mol. The molecular formula is C14H18F2N2. The second-order valence-corrected chi connectivity index (χ2v) is 4.68. The van der Waals surface area contributed by atoms with E-state index in [1.54, 1.807) is 0 Å². The zero-order valence-electron chi connectivity index (χ0n) is 10.8. The van der Waals surface area contributed by atoms with Crippen molar-refractivity contribution in [1.82, 2.24) is 9.97 Å². The highest BCUT2D eigenvalue weighted by molar-refractivity contribution is 5.75. The van der Waals surface area contributed by atoms with Crippen molar-refractivity contribution in [1.29, 1.82) is 0 Å². The van der Waals surface area contributed by atoms with Crippen LogP contribution in [0.1, 0.15) is 51.3 Å². The Labute approximate surface area is 105 Å². The number of rotatable bonds is 5. The van der Waals surface area contributed by atoms with E-state index in [-0.39, 0.29) is 5.52 Å². The first-order valence-corrected chi connectivity index (χ1v) is 6.50. The third kappa shape index (κ3) is 2.52. The third-order valence-corrected chi connectivity index (χ3v) is 3.18. The lowest BCUT2D eigenvalue weighted by Gasteiger charge is -2.11. The molecule has 0 unspecified atom stereocenters. The van der Waals surface area contributed by atoms with Crippen molar-refractivity contribution in [2.75, 3.05) is 0 Å². The van der Waals surface area contributed by atoms with Gasteiger partial charge >= 0.3 is 0 Å². The van der Waals surface area contributed by atoms with E-state index in [0.717, 1.165) is 37.6 Å². The Morgan fingerprint density at radius 1 is 1.17 bits per heavy atom. The first-order valence-electron chi connectivity index (χ1n) is 6.50. The van der Waals surface area contributed by atoms with E-state index in [4.69, 9.17) is 0 Å². The van der Waals surface area contributed by atoms with Crippen LogP contribution in [0.2, 0.25) is 0 Å². The summed E-state index contributed by atoms with van der Waals surface area (Å²) in [7, 11) is 0. The molecule has 0 spiro atoms. The number of aromatic nitrogens is 2. The van der Waals surface area contributed by atoms with Gasteiger partial charge in [0.1, 0.15) is 17.2 Å². The van der Waals surface area contributed by atoms with E-state index in [2.05, 4.69) is 23.8 Å². The highest BCUT2D eigenvalue weighted by Crippen LogP contribution is 2.27. The van der Waals surface area contributed by atoms with Gasteiger partial charge in [-0.1, -0.05) is 26.7 Å². The number of imidazole rings is 1. The van der Waals surface area contributed by atoms with Crippen LogP contribution in [-0.2, 0) is 0 Å². The lowest BCUT2D eigenvalue weighted by Crippen LogP contribution is -2.00. The summed E-state index contributed by atoms with van der Waals surface area (Å²) in [6.45, 7) is 4.23. The summed E-state index contributed by atoms with van der Waals surface area (Å²) < 4.78 is 26.7. The number of aromatic amines is 1. The molecule has 0 aliphatic rings. The summed E-state index contributed by atoms with van der Waals surface area (Å²) in [5, 5.41) is 0. The van der Waals surface area contributed by atoms with Crippen molar-refractivity contribution >= 4 is 11.0 Å². The third-order valence-electron chi connectivity index (χ3n) is 3.18. The Morgan fingerprint density at radius 2 is 1.83 bits per heavy atom. The molecule has 0 saturated carbocycles. The smallest absolute Gasteiger partial charge is 0.153 e. The van der Waals surface area contributed by atoms with Gasteiger partial charge in [0.05, 0.1) is 5.52 Å². The quantitative estimate of drug-likeness (QED) is 0.832. The van der Waals surface area contributed by atoms with Crippen LogP contribution in [0, 0.1) is 11.6 Å². The van der Waals surface area contributed by atoms with Crippen molar-refractivity contribution in [2.45, 2.75) is 45.4 Å². The highest BCUT2D eigenvalue weighted by atomic mass is 19.1. The molecule has 0 aliphatic carbocycles. The predicted octanol–water partition coefficient (Wildman–Crippen LogP) is 4.52. The van der Waals surface area contributed by atoms with Crippen LogP contribution in [0.25, 0.3) is 11.0 Å². The van der Waals surface area contributed by atoms with Gasteiger partial charge in [-0.05, 0) is 18.9 Å². The Bertz CT molecular complexity index is 528. The van der Waals surface area contributed by atoms with Crippen molar-refractivity contribution < 1.29 is 8.78 Å². The number of halogens is 2. The van der Waals surface area contributed by atoms with Crippen molar-refractivity contribution in [2.24, 2.45) is 0 Å². The van der Waals surface area contributed by atoms with E-state index in [9.17, 15) is 8.78 Å². The first-order chi connectivity index (χ1) is 8.65. The molecule has 2 nitrogen and oxygen atoms in total. The monoisotopic (exact) mass is 252 g/mol. The molecule has 0 atom stereocenters. The topological polar surface area (TPSA) is 28.7 Å². The number of H-pyrrole nitrogens is 1. The molecule has 0 aliphatic heterocycles. The maximum Gasteiger partial charge on any atom is 0.153 e. The molecule has 18 heavy (non-hydrogen) atoms. The molecule has 98 valence electrons. The fourth-order valence-electron chi connectivity index (χ4n) is 2.37. The largest absolute Gasteiger partial charge is 0.342 e.